The zero-order valence-electron chi connectivity index (χ0n) is 9.63. The van der Waals surface area contributed by atoms with Gasteiger partial charge in [-0.25, -0.2) is 0 Å². The summed E-state index contributed by atoms with van der Waals surface area (Å²) in [5.74, 6) is 2.46. The molecule has 0 radical (unpaired) electrons. The Bertz CT molecular complexity index is 708. The van der Waals surface area contributed by atoms with E-state index in [-0.39, 0.29) is 5.69 Å². The molecule has 0 saturated heterocycles. The van der Waals surface area contributed by atoms with Gasteiger partial charge in [0.25, 0.3) is 5.69 Å². The molecule has 19 heavy (non-hydrogen) atoms. The van der Waals surface area contributed by atoms with Crippen LogP contribution in [0.25, 0.3) is 11.3 Å². The van der Waals surface area contributed by atoms with E-state index in [2.05, 4.69) is 26.8 Å². The van der Waals surface area contributed by atoms with Gasteiger partial charge in [-0.05, 0) is 34.1 Å². The van der Waals surface area contributed by atoms with Gasteiger partial charge in [-0.2, -0.15) is 0 Å². The monoisotopic (exact) mass is 317 g/mol. The van der Waals surface area contributed by atoms with Crippen LogP contribution in [0.5, 0.6) is 0 Å². The van der Waals surface area contributed by atoms with E-state index in [1.165, 1.54) is 18.3 Å². The van der Waals surface area contributed by atoms with Crippen molar-refractivity contribution in [2.45, 2.75) is 0 Å². The predicted octanol–water partition coefficient (Wildman–Crippen LogP) is 2.98. The third-order valence-corrected chi connectivity index (χ3v) is 3.20. The Morgan fingerprint density at radius 3 is 2.79 bits per heavy atom. The summed E-state index contributed by atoms with van der Waals surface area (Å²) in [5, 5.41) is 11.1. The Morgan fingerprint density at radius 1 is 1.42 bits per heavy atom. The maximum Gasteiger partial charge on any atom is 0.280 e. The van der Waals surface area contributed by atoms with E-state index in [9.17, 15) is 10.1 Å². The van der Waals surface area contributed by atoms with E-state index in [0.717, 1.165) is 0 Å². The van der Waals surface area contributed by atoms with Crippen LogP contribution >= 0.6 is 15.9 Å². The molecule has 0 aliphatic rings. The van der Waals surface area contributed by atoms with E-state index < -0.39 is 4.92 Å². The van der Waals surface area contributed by atoms with Gasteiger partial charge in [-0.1, -0.05) is 5.92 Å². The molecule has 1 heterocycles. The van der Waals surface area contributed by atoms with Crippen molar-refractivity contribution in [3.8, 4) is 23.6 Å². The van der Waals surface area contributed by atoms with Crippen LogP contribution < -0.4 is 5.73 Å². The lowest BCUT2D eigenvalue weighted by atomic mass is 10.1. The maximum absolute atomic E-state index is 11.1. The number of rotatable bonds is 2. The summed E-state index contributed by atoms with van der Waals surface area (Å²) in [6.45, 7) is 0. The molecular weight excluding hydrogens is 310 g/mol. The van der Waals surface area contributed by atoms with Gasteiger partial charge in [-0.3, -0.25) is 15.1 Å². The molecule has 0 spiro atoms. The third-order valence-electron chi connectivity index (χ3n) is 2.51. The Morgan fingerprint density at radius 2 is 2.16 bits per heavy atom. The number of pyridine rings is 1. The molecule has 0 bridgehead atoms. The summed E-state index contributed by atoms with van der Waals surface area (Å²) in [5.41, 5.74) is 7.43. The number of benzene rings is 1. The zero-order chi connectivity index (χ0) is 14.0. The summed E-state index contributed by atoms with van der Waals surface area (Å²) >= 11 is 3.17. The maximum atomic E-state index is 11.1. The number of nitrogens with two attached hydrogens (primary N) is 1. The SMILES string of the molecule is C#Cc1ccnc(-c2cc(N)c(Br)cc2[N+](=O)[O-])c1. The number of nitrogens with zero attached hydrogens (tertiary/aromatic N) is 2. The molecule has 0 amide bonds. The standard InChI is InChI=1S/C13H8BrN3O2/c1-2-8-3-4-16-12(5-8)9-6-11(15)10(14)7-13(9)17(18)19/h1,3-7H,15H2. The summed E-state index contributed by atoms with van der Waals surface area (Å²) in [4.78, 5) is 14.7. The first-order chi connectivity index (χ1) is 9.02. The topological polar surface area (TPSA) is 82.0 Å². The molecule has 0 aliphatic carbocycles. The lowest BCUT2D eigenvalue weighted by Crippen LogP contribution is -1.97. The van der Waals surface area contributed by atoms with Gasteiger partial charge in [0.15, 0.2) is 0 Å². The first-order valence-corrected chi connectivity index (χ1v) is 5.98. The lowest BCUT2D eigenvalue weighted by Gasteiger charge is -2.06. The Labute approximate surface area is 117 Å². The zero-order valence-corrected chi connectivity index (χ0v) is 11.2. The first kappa shape index (κ1) is 13.1. The summed E-state index contributed by atoms with van der Waals surface area (Å²) in [7, 11) is 0. The molecule has 0 saturated carbocycles. The number of anilines is 1. The number of nitro benzene ring substituents is 1. The van der Waals surface area contributed by atoms with Gasteiger partial charge >= 0.3 is 0 Å². The minimum atomic E-state index is -0.482. The molecular formula is C13H8BrN3O2. The normalized spacial score (nSPS) is 9.89. The highest BCUT2D eigenvalue weighted by Gasteiger charge is 2.18. The van der Waals surface area contributed by atoms with Crippen LogP contribution in [0, 0.1) is 22.5 Å². The van der Waals surface area contributed by atoms with Crippen LogP contribution in [0.1, 0.15) is 5.56 Å². The number of halogens is 1. The van der Waals surface area contributed by atoms with Crippen LogP contribution in [0.4, 0.5) is 11.4 Å². The minimum Gasteiger partial charge on any atom is -0.398 e. The van der Waals surface area contributed by atoms with Gasteiger partial charge in [0.2, 0.25) is 0 Å². The van der Waals surface area contributed by atoms with Crippen LogP contribution in [0.2, 0.25) is 0 Å². The number of nitro groups is 1. The van der Waals surface area contributed by atoms with Crippen molar-refractivity contribution in [3.63, 3.8) is 0 Å². The van der Waals surface area contributed by atoms with Crippen molar-refractivity contribution >= 4 is 27.3 Å². The molecule has 0 atom stereocenters. The molecule has 2 aromatic rings. The first-order valence-electron chi connectivity index (χ1n) is 5.19. The molecule has 1 aromatic carbocycles. The molecule has 1 aromatic heterocycles. The van der Waals surface area contributed by atoms with Crippen molar-refractivity contribution in [3.05, 3.63) is 50.6 Å². The van der Waals surface area contributed by atoms with Gasteiger partial charge in [0.05, 0.1) is 16.2 Å². The van der Waals surface area contributed by atoms with Gasteiger partial charge in [-0.15, -0.1) is 6.42 Å². The third kappa shape index (κ3) is 2.56. The average molecular weight is 318 g/mol. The van der Waals surface area contributed by atoms with Crippen molar-refractivity contribution in [1.29, 1.82) is 0 Å². The molecule has 2 N–H and O–H groups in total. The molecule has 2 rings (SSSR count). The van der Waals surface area contributed by atoms with Gasteiger partial charge in [0, 0.05) is 28.0 Å². The highest BCUT2D eigenvalue weighted by molar-refractivity contribution is 9.10. The number of aromatic nitrogens is 1. The Hall–Kier alpha value is -2.39. The fourth-order valence-electron chi connectivity index (χ4n) is 1.60. The van der Waals surface area contributed by atoms with E-state index >= 15 is 0 Å². The average Bonchev–Trinajstić information content (AvgIpc) is 2.41. The summed E-state index contributed by atoms with van der Waals surface area (Å²) < 4.78 is 0.469. The number of terminal acetylenes is 1. The van der Waals surface area contributed by atoms with E-state index in [4.69, 9.17) is 12.2 Å². The second kappa shape index (κ2) is 5.08. The van der Waals surface area contributed by atoms with Crippen LogP contribution in [-0.2, 0) is 0 Å². The molecule has 5 nitrogen and oxygen atoms in total. The molecule has 6 heteroatoms. The largest absolute Gasteiger partial charge is 0.398 e. The van der Waals surface area contributed by atoms with Crippen LogP contribution in [0.15, 0.2) is 34.9 Å². The Kier molecular flexibility index (Phi) is 3.49. The van der Waals surface area contributed by atoms with E-state index in [1.807, 2.05) is 0 Å². The predicted molar refractivity (Wildman–Crippen MR) is 76.4 cm³/mol. The highest BCUT2D eigenvalue weighted by Crippen LogP contribution is 2.35. The number of hydrogen-bond acceptors (Lipinski definition) is 4. The number of hydrogen-bond donors (Lipinski definition) is 1. The Balaban J connectivity index is 2.70. The fraction of sp³-hybridized carbons (Fsp3) is 0. The summed E-state index contributed by atoms with van der Waals surface area (Å²) in [6.07, 6.45) is 6.81. The van der Waals surface area contributed by atoms with Crippen molar-refractivity contribution in [2.24, 2.45) is 0 Å². The van der Waals surface area contributed by atoms with E-state index in [0.29, 0.717) is 27.0 Å². The lowest BCUT2D eigenvalue weighted by molar-refractivity contribution is -0.384. The minimum absolute atomic E-state index is 0.0808. The summed E-state index contributed by atoms with van der Waals surface area (Å²) in [6, 6.07) is 6.12. The van der Waals surface area contributed by atoms with Gasteiger partial charge < -0.3 is 5.73 Å². The van der Waals surface area contributed by atoms with Crippen molar-refractivity contribution < 1.29 is 4.92 Å². The molecule has 0 unspecified atom stereocenters. The second-order valence-electron chi connectivity index (χ2n) is 3.72. The smallest absolute Gasteiger partial charge is 0.280 e. The number of nitrogen functional groups attached to an aromatic ring is 1. The molecule has 94 valence electrons. The van der Waals surface area contributed by atoms with Gasteiger partial charge in [0.1, 0.15) is 0 Å². The molecule has 0 aliphatic heterocycles. The van der Waals surface area contributed by atoms with Crippen molar-refractivity contribution in [1.82, 2.24) is 4.98 Å². The second-order valence-corrected chi connectivity index (χ2v) is 4.58. The van der Waals surface area contributed by atoms with Crippen LogP contribution in [-0.4, -0.2) is 9.91 Å². The van der Waals surface area contributed by atoms with Crippen LogP contribution in [0.3, 0.4) is 0 Å². The van der Waals surface area contributed by atoms with Crippen molar-refractivity contribution in [2.75, 3.05) is 5.73 Å². The fourth-order valence-corrected chi connectivity index (χ4v) is 1.93. The van der Waals surface area contributed by atoms with E-state index in [1.54, 1.807) is 12.1 Å². The quantitative estimate of drug-likeness (QED) is 0.399. The molecule has 0 fully saturated rings. The highest BCUT2D eigenvalue weighted by atomic mass is 79.9.